The third-order valence-electron chi connectivity index (χ3n) is 3.98. The van der Waals surface area contributed by atoms with Gasteiger partial charge in [0.2, 0.25) is 0 Å². The van der Waals surface area contributed by atoms with Crippen LogP contribution in [0, 0.1) is 5.92 Å². The van der Waals surface area contributed by atoms with Crippen molar-refractivity contribution >= 4 is 0 Å². The number of benzene rings is 1. The van der Waals surface area contributed by atoms with E-state index in [2.05, 4.69) is 24.4 Å². The average Bonchev–Trinajstić information content (AvgIpc) is 2.37. The molecule has 1 aromatic rings. The van der Waals surface area contributed by atoms with Gasteiger partial charge in [-0.25, -0.2) is 0 Å². The summed E-state index contributed by atoms with van der Waals surface area (Å²) in [6, 6.07) is 6.89. The first-order chi connectivity index (χ1) is 8.21. The fourth-order valence-electron chi connectivity index (χ4n) is 2.69. The summed E-state index contributed by atoms with van der Waals surface area (Å²) < 4.78 is 10.6. The van der Waals surface area contributed by atoms with Crippen molar-refractivity contribution in [1.82, 2.24) is 5.32 Å². The number of ether oxygens (including phenoxy) is 2. The van der Waals surface area contributed by atoms with Gasteiger partial charge in [-0.05, 0) is 43.0 Å². The SMILES string of the molecule is CNC1CC(c2ccc(OC)c(OC)c2)C1C. The number of methoxy groups -OCH3 is 2. The van der Waals surface area contributed by atoms with Crippen LogP contribution in [0.15, 0.2) is 18.2 Å². The maximum Gasteiger partial charge on any atom is 0.160 e. The summed E-state index contributed by atoms with van der Waals surface area (Å²) in [5, 5.41) is 3.35. The lowest BCUT2D eigenvalue weighted by molar-refractivity contribution is 0.194. The summed E-state index contributed by atoms with van der Waals surface area (Å²) in [6.45, 7) is 2.30. The van der Waals surface area contributed by atoms with Gasteiger partial charge < -0.3 is 14.8 Å². The van der Waals surface area contributed by atoms with Crippen LogP contribution in [0.1, 0.15) is 24.8 Å². The number of nitrogens with one attached hydrogen (secondary N) is 1. The lowest BCUT2D eigenvalue weighted by Gasteiger charge is -2.43. The van der Waals surface area contributed by atoms with Gasteiger partial charge in [0.15, 0.2) is 11.5 Å². The van der Waals surface area contributed by atoms with Crippen molar-refractivity contribution in [3.63, 3.8) is 0 Å². The second-order valence-corrected chi connectivity index (χ2v) is 4.71. The molecule has 0 spiro atoms. The molecule has 3 atom stereocenters. The Balaban J connectivity index is 2.18. The Labute approximate surface area is 103 Å². The van der Waals surface area contributed by atoms with E-state index in [0.717, 1.165) is 11.5 Å². The van der Waals surface area contributed by atoms with E-state index in [9.17, 15) is 0 Å². The molecule has 1 aliphatic rings. The highest BCUT2D eigenvalue weighted by Crippen LogP contribution is 2.44. The van der Waals surface area contributed by atoms with E-state index in [-0.39, 0.29) is 0 Å². The second kappa shape index (κ2) is 4.96. The van der Waals surface area contributed by atoms with Crippen molar-refractivity contribution in [3.8, 4) is 11.5 Å². The highest BCUT2D eigenvalue weighted by Gasteiger charge is 2.37. The first-order valence-corrected chi connectivity index (χ1v) is 6.10. The van der Waals surface area contributed by atoms with Crippen molar-refractivity contribution in [2.75, 3.05) is 21.3 Å². The smallest absolute Gasteiger partial charge is 0.160 e. The maximum atomic E-state index is 5.34. The van der Waals surface area contributed by atoms with Crippen LogP contribution in [0.4, 0.5) is 0 Å². The molecule has 0 saturated heterocycles. The van der Waals surface area contributed by atoms with Crippen LogP contribution in [0.2, 0.25) is 0 Å². The van der Waals surface area contributed by atoms with Gasteiger partial charge in [0.05, 0.1) is 14.2 Å². The fraction of sp³-hybridized carbons (Fsp3) is 0.571. The van der Waals surface area contributed by atoms with Crippen molar-refractivity contribution in [3.05, 3.63) is 23.8 Å². The summed E-state index contributed by atoms with van der Waals surface area (Å²) in [6.07, 6.45) is 1.20. The second-order valence-electron chi connectivity index (χ2n) is 4.71. The highest BCUT2D eigenvalue weighted by molar-refractivity contribution is 5.44. The zero-order valence-electron chi connectivity index (χ0n) is 11.0. The molecule has 0 amide bonds. The molecule has 1 aromatic carbocycles. The topological polar surface area (TPSA) is 30.5 Å². The molecule has 0 heterocycles. The van der Waals surface area contributed by atoms with Gasteiger partial charge in [0, 0.05) is 6.04 Å². The quantitative estimate of drug-likeness (QED) is 0.869. The van der Waals surface area contributed by atoms with Crippen LogP contribution in [0.5, 0.6) is 11.5 Å². The van der Waals surface area contributed by atoms with Gasteiger partial charge in [-0.2, -0.15) is 0 Å². The molecule has 3 nitrogen and oxygen atoms in total. The van der Waals surface area contributed by atoms with Gasteiger partial charge in [0.25, 0.3) is 0 Å². The zero-order valence-corrected chi connectivity index (χ0v) is 11.0. The van der Waals surface area contributed by atoms with E-state index in [1.165, 1.54) is 12.0 Å². The van der Waals surface area contributed by atoms with E-state index >= 15 is 0 Å². The Morgan fingerprint density at radius 2 is 1.88 bits per heavy atom. The third-order valence-corrected chi connectivity index (χ3v) is 3.98. The molecule has 1 N–H and O–H groups in total. The maximum absolute atomic E-state index is 5.34. The molecule has 0 aromatic heterocycles. The van der Waals surface area contributed by atoms with Crippen molar-refractivity contribution in [1.29, 1.82) is 0 Å². The Bertz CT molecular complexity index is 392. The summed E-state index contributed by atoms with van der Waals surface area (Å²) in [4.78, 5) is 0. The van der Waals surface area contributed by atoms with Gasteiger partial charge >= 0.3 is 0 Å². The predicted molar refractivity (Wildman–Crippen MR) is 68.9 cm³/mol. The molecule has 17 heavy (non-hydrogen) atoms. The molecular formula is C14H21NO2. The number of hydrogen-bond acceptors (Lipinski definition) is 3. The summed E-state index contributed by atoms with van der Waals surface area (Å²) in [5.74, 6) is 2.93. The first kappa shape index (κ1) is 12.2. The molecule has 3 unspecified atom stereocenters. The Morgan fingerprint density at radius 3 is 2.41 bits per heavy atom. The van der Waals surface area contributed by atoms with Gasteiger partial charge in [-0.3, -0.25) is 0 Å². The van der Waals surface area contributed by atoms with E-state index in [1.807, 2.05) is 13.1 Å². The first-order valence-electron chi connectivity index (χ1n) is 6.10. The monoisotopic (exact) mass is 235 g/mol. The summed E-state index contributed by atoms with van der Waals surface area (Å²) in [7, 11) is 5.38. The van der Waals surface area contributed by atoms with Crippen LogP contribution in [-0.2, 0) is 0 Å². The van der Waals surface area contributed by atoms with Crippen LogP contribution in [-0.4, -0.2) is 27.3 Å². The van der Waals surface area contributed by atoms with Gasteiger partial charge in [-0.1, -0.05) is 13.0 Å². The van der Waals surface area contributed by atoms with Gasteiger partial charge in [0.1, 0.15) is 0 Å². The lowest BCUT2D eigenvalue weighted by atomic mass is 9.67. The van der Waals surface area contributed by atoms with Crippen LogP contribution in [0.25, 0.3) is 0 Å². The van der Waals surface area contributed by atoms with Gasteiger partial charge in [-0.15, -0.1) is 0 Å². The molecular weight excluding hydrogens is 214 g/mol. The minimum absolute atomic E-state index is 0.632. The minimum Gasteiger partial charge on any atom is -0.493 e. The molecule has 0 aliphatic heterocycles. The van der Waals surface area contributed by atoms with Crippen molar-refractivity contribution < 1.29 is 9.47 Å². The molecule has 0 radical (unpaired) electrons. The molecule has 1 fully saturated rings. The standard InChI is InChI=1S/C14H21NO2/c1-9-11(8-12(9)15-2)10-5-6-13(16-3)14(7-10)17-4/h5-7,9,11-12,15H,8H2,1-4H3. The summed E-state index contributed by atoms with van der Waals surface area (Å²) in [5.41, 5.74) is 1.35. The van der Waals surface area contributed by atoms with Crippen LogP contribution in [0.3, 0.4) is 0 Å². The normalized spacial score (nSPS) is 27.4. The molecule has 0 bridgehead atoms. The molecule has 1 saturated carbocycles. The Morgan fingerprint density at radius 1 is 1.18 bits per heavy atom. The van der Waals surface area contributed by atoms with Crippen molar-refractivity contribution in [2.24, 2.45) is 5.92 Å². The van der Waals surface area contributed by atoms with Crippen molar-refractivity contribution in [2.45, 2.75) is 25.3 Å². The van der Waals surface area contributed by atoms with Crippen LogP contribution < -0.4 is 14.8 Å². The lowest BCUT2D eigenvalue weighted by Crippen LogP contribution is -2.46. The third kappa shape index (κ3) is 2.12. The fourth-order valence-corrected chi connectivity index (χ4v) is 2.69. The minimum atomic E-state index is 0.632. The largest absolute Gasteiger partial charge is 0.493 e. The van der Waals surface area contributed by atoms with E-state index < -0.39 is 0 Å². The molecule has 94 valence electrons. The van der Waals surface area contributed by atoms with Crippen LogP contribution >= 0.6 is 0 Å². The molecule has 3 heteroatoms. The number of rotatable bonds is 4. The molecule has 2 rings (SSSR count). The highest BCUT2D eigenvalue weighted by atomic mass is 16.5. The Hall–Kier alpha value is -1.22. The predicted octanol–water partition coefficient (Wildman–Crippen LogP) is 2.42. The molecule has 1 aliphatic carbocycles. The van der Waals surface area contributed by atoms with E-state index in [1.54, 1.807) is 14.2 Å². The summed E-state index contributed by atoms with van der Waals surface area (Å²) >= 11 is 0. The zero-order chi connectivity index (χ0) is 12.4. The average molecular weight is 235 g/mol. The number of hydrogen-bond donors (Lipinski definition) is 1. The van der Waals surface area contributed by atoms with E-state index in [4.69, 9.17) is 9.47 Å². The Kier molecular flexibility index (Phi) is 3.57. The van der Waals surface area contributed by atoms with E-state index in [0.29, 0.717) is 17.9 Å².